The molecule has 0 radical (unpaired) electrons. The van der Waals surface area contributed by atoms with Gasteiger partial charge in [0, 0.05) is 42.0 Å². The Bertz CT molecular complexity index is 1390. The molecule has 0 saturated carbocycles. The number of nitrogens with one attached hydrogen (secondary N) is 2. The summed E-state index contributed by atoms with van der Waals surface area (Å²) in [7, 11) is 1.62. The Morgan fingerprint density at radius 1 is 1.06 bits per heavy atom. The van der Waals surface area contributed by atoms with Crippen molar-refractivity contribution in [2.75, 3.05) is 20.3 Å². The van der Waals surface area contributed by atoms with Crippen molar-refractivity contribution in [3.8, 4) is 34.2 Å². The molecule has 0 bridgehead atoms. The molecule has 2 heterocycles. The van der Waals surface area contributed by atoms with Crippen LogP contribution >= 0.6 is 0 Å². The van der Waals surface area contributed by atoms with Crippen molar-refractivity contribution in [1.29, 1.82) is 5.26 Å². The third-order valence-corrected chi connectivity index (χ3v) is 6.20. The summed E-state index contributed by atoms with van der Waals surface area (Å²) in [5.41, 5.74) is 5.95. The van der Waals surface area contributed by atoms with Crippen molar-refractivity contribution in [1.82, 2.24) is 10.3 Å². The molecule has 4 aromatic rings. The Morgan fingerprint density at radius 2 is 1.88 bits per heavy atom. The van der Waals surface area contributed by atoms with Crippen LogP contribution in [-0.4, -0.2) is 37.3 Å². The predicted octanol–water partition coefficient (Wildman–Crippen LogP) is 5.29. The van der Waals surface area contributed by atoms with Gasteiger partial charge in [-0.1, -0.05) is 30.3 Å². The van der Waals surface area contributed by atoms with Gasteiger partial charge in [-0.25, -0.2) is 0 Å². The average Bonchev–Trinajstić information content (AvgIpc) is 3.34. The maximum absolute atomic E-state index is 12.1. The van der Waals surface area contributed by atoms with Crippen LogP contribution < -0.4 is 10.1 Å². The van der Waals surface area contributed by atoms with E-state index in [0.29, 0.717) is 30.1 Å². The van der Waals surface area contributed by atoms with Gasteiger partial charge in [-0.05, 0) is 53.1 Å². The second kappa shape index (κ2) is 9.42. The molecule has 3 aromatic carbocycles. The van der Waals surface area contributed by atoms with Crippen molar-refractivity contribution in [2.45, 2.75) is 18.9 Å². The van der Waals surface area contributed by atoms with Crippen molar-refractivity contribution in [2.24, 2.45) is 0 Å². The lowest BCUT2D eigenvalue weighted by atomic mass is 9.99. The summed E-state index contributed by atoms with van der Waals surface area (Å²) >= 11 is 0. The first-order valence-electron chi connectivity index (χ1n) is 11.4. The fraction of sp³-hybridized carbons (Fsp3) is 0.214. The summed E-state index contributed by atoms with van der Waals surface area (Å²) in [4.78, 5) is 15.5. The van der Waals surface area contributed by atoms with Gasteiger partial charge < -0.3 is 19.8 Å². The first-order valence-corrected chi connectivity index (χ1v) is 11.4. The van der Waals surface area contributed by atoms with E-state index in [1.54, 1.807) is 13.1 Å². The van der Waals surface area contributed by atoms with Crippen molar-refractivity contribution >= 4 is 16.8 Å². The number of nitrogens with zero attached hydrogens (tertiary/aromatic N) is 1. The van der Waals surface area contributed by atoms with Crippen molar-refractivity contribution < 1.29 is 14.3 Å². The molecule has 0 unspecified atom stereocenters. The largest absolute Gasteiger partial charge is 0.489 e. The van der Waals surface area contributed by atoms with E-state index in [1.165, 1.54) is 0 Å². The van der Waals surface area contributed by atoms with Gasteiger partial charge in [0.25, 0.3) is 5.91 Å². The van der Waals surface area contributed by atoms with Gasteiger partial charge in [0.15, 0.2) is 0 Å². The topological polar surface area (TPSA) is 87.1 Å². The van der Waals surface area contributed by atoms with E-state index in [9.17, 15) is 10.1 Å². The molecule has 170 valence electrons. The SMILES string of the molecule is CNC(=O)c1cccc(-c2cc3c(-c4ccc(OC5CCOCC5)c(C#N)c4)cccc3[nH]2)c1. The zero-order valence-corrected chi connectivity index (χ0v) is 18.9. The van der Waals surface area contributed by atoms with E-state index in [2.05, 4.69) is 28.5 Å². The molecule has 1 amide bonds. The molecule has 1 saturated heterocycles. The predicted molar refractivity (Wildman–Crippen MR) is 132 cm³/mol. The van der Waals surface area contributed by atoms with Crippen molar-refractivity contribution in [3.05, 3.63) is 77.9 Å². The van der Waals surface area contributed by atoms with Gasteiger partial charge in [0.2, 0.25) is 0 Å². The van der Waals surface area contributed by atoms with E-state index < -0.39 is 0 Å². The standard InChI is InChI=1S/C28H25N3O3/c1-30-28(32)20-5-2-4-19(15-20)26-16-24-23(6-3-7-25(24)31-26)18-8-9-27(21(14-18)17-29)34-22-10-12-33-13-11-22/h2-9,14-16,22,31H,10-13H2,1H3,(H,30,32). The number of benzene rings is 3. The molecule has 0 aliphatic carbocycles. The van der Waals surface area contributed by atoms with Crippen LogP contribution in [0.15, 0.2) is 66.7 Å². The number of nitriles is 1. The van der Waals surface area contributed by atoms with E-state index in [4.69, 9.17) is 9.47 Å². The van der Waals surface area contributed by atoms with E-state index in [0.717, 1.165) is 46.1 Å². The number of H-pyrrole nitrogens is 1. The number of rotatable bonds is 5. The highest BCUT2D eigenvalue weighted by Gasteiger charge is 2.18. The Hall–Kier alpha value is -4.08. The number of fused-ring (bicyclic) bond motifs is 1. The van der Waals surface area contributed by atoms with Crippen LogP contribution in [0.5, 0.6) is 5.75 Å². The normalized spacial score (nSPS) is 14.0. The van der Waals surface area contributed by atoms with Crippen molar-refractivity contribution in [3.63, 3.8) is 0 Å². The van der Waals surface area contributed by atoms with E-state index >= 15 is 0 Å². The average molecular weight is 452 g/mol. The Kier molecular flexibility index (Phi) is 6.03. The smallest absolute Gasteiger partial charge is 0.251 e. The summed E-state index contributed by atoms with van der Waals surface area (Å²) in [6.45, 7) is 1.38. The number of aromatic amines is 1. The number of carbonyl (C=O) groups excluding carboxylic acids is 1. The lowest BCUT2D eigenvalue weighted by molar-refractivity contribution is 0.0254. The molecule has 0 atom stereocenters. The molecule has 34 heavy (non-hydrogen) atoms. The highest BCUT2D eigenvalue weighted by Crippen LogP contribution is 2.35. The first-order chi connectivity index (χ1) is 16.7. The number of hydrogen-bond donors (Lipinski definition) is 2. The molecule has 6 heteroatoms. The molecular weight excluding hydrogens is 426 g/mol. The summed E-state index contributed by atoms with van der Waals surface area (Å²) in [6, 6.07) is 23.8. The second-order valence-electron chi connectivity index (χ2n) is 8.36. The van der Waals surface area contributed by atoms with E-state index in [-0.39, 0.29) is 12.0 Å². The third-order valence-electron chi connectivity index (χ3n) is 6.20. The van der Waals surface area contributed by atoms with E-state index in [1.807, 2.05) is 48.5 Å². The molecule has 1 aliphatic rings. The van der Waals surface area contributed by atoms with Gasteiger partial charge in [0.1, 0.15) is 17.9 Å². The molecular formula is C28H25N3O3. The minimum absolute atomic E-state index is 0.0768. The van der Waals surface area contributed by atoms with Crippen LogP contribution in [0.1, 0.15) is 28.8 Å². The summed E-state index contributed by atoms with van der Waals surface area (Å²) in [5.74, 6) is 0.497. The first kappa shape index (κ1) is 21.7. The summed E-state index contributed by atoms with van der Waals surface area (Å²) < 4.78 is 11.5. The number of carbonyl (C=O) groups is 1. The van der Waals surface area contributed by atoms with Gasteiger partial charge in [-0.3, -0.25) is 4.79 Å². The van der Waals surface area contributed by atoms with Gasteiger partial charge >= 0.3 is 0 Å². The number of aromatic nitrogens is 1. The molecule has 1 aliphatic heterocycles. The Balaban J connectivity index is 1.50. The van der Waals surface area contributed by atoms with Gasteiger partial charge in [-0.2, -0.15) is 5.26 Å². The van der Waals surface area contributed by atoms with Gasteiger partial charge in [0.05, 0.1) is 18.8 Å². The maximum Gasteiger partial charge on any atom is 0.251 e. The van der Waals surface area contributed by atoms with Gasteiger partial charge in [-0.15, -0.1) is 0 Å². The lowest BCUT2D eigenvalue weighted by Crippen LogP contribution is -2.26. The maximum atomic E-state index is 12.1. The van der Waals surface area contributed by atoms with Crippen LogP contribution in [0.4, 0.5) is 0 Å². The number of hydrogen-bond acceptors (Lipinski definition) is 4. The zero-order valence-electron chi connectivity index (χ0n) is 18.9. The molecule has 0 spiro atoms. The zero-order chi connectivity index (χ0) is 23.5. The molecule has 2 N–H and O–H groups in total. The second-order valence-corrected chi connectivity index (χ2v) is 8.36. The number of amides is 1. The monoisotopic (exact) mass is 451 g/mol. The summed E-state index contributed by atoms with van der Waals surface area (Å²) in [5, 5.41) is 13.5. The third kappa shape index (κ3) is 4.26. The molecule has 6 nitrogen and oxygen atoms in total. The summed E-state index contributed by atoms with van der Waals surface area (Å²) in [6.07, 6.45) is 1.74. The van der Waals surface area contributed by atoms with Crippen LogP contribution in [-0.2, 0) is 4.74 Å². The van der Waals surface area contributed by atoms with Crippen LogP contribution in [0, 0.1) is 11.3 Å². The number of ether oxygens (including phenoxy) is 2. The fourth-order valence-corrected chi connectivity index (χ4v) is 4.40. The minimum atomic E-state index is -0.120. The molecule has 1 fully saturated rings. The van der Waals surface area contributed by atoms with Crippen LogP contribution in [0.25, 0.3) is 33.3 Å². The Morgan fingerprint density at radius 3 is 2.68 bits per heavy atom. The quantitative estimate of drug-likeness (QED) is 0.432. The highest BCUT2D eigenvalue weighted by atomic mass is 16.5. The lowest BCUT2D eigenvalue weighted by Gasteiger charge is -2.24. The molecule has 1 aromatic heterocycles. The van der Waals surface area contributed by atoms with Crippen LogP contribution in [0.2, 0.25) is 0 Å². The fourth-order valence-electron chi connectivity index (χ4n) is 4.40. The molecule has 5 rings (SSSR count). The Labute approximate surface area is 198 Å². The highest BCUT2D eigenvalue weighted by molar-refractivity contribution is 5.99. The van der Waals surface area contributed by atoms with Crippen LogP contribution in [0.3, 0.4) is 0 Å². The minimum Gasteiger partial charge on any atom is -0.489 e.